The van der Waals surface area contributed by atoms with Gasteiger partial charge in [-0.2, -0.15) is 4.31 Å². The predicted octanol–water partition coefficient (Wildman–Crippen LogP) is 2.72. The Morgan fingerprint density at radius 1 is 1.17 bits per heavy atom. The third-order valence-electron chi connectivity index (χ3n) is 5.64. The number of hydrogen-bond donors (Lipinski definition) is 1. The Bertz CT molecular complexity index is 798. The van der Waals surface area contributed by atoms with Gasteiger partial charge >= 0.3 is 0 Å². The van der Waals surface area contributed by atoms with E-state index >= 15 is 0 Å². The zero-order valence-electron chi connectivity index (χ0n) is 18.3. The molecule has 1 N–H and O–H groups in total. The average molecular weight is 426 g/mol. The molecule has 1 fully saturated rings. The second-order valence-corrected chi connectivity index (χ2v) is 9.90. The maximum absolute atomic E-state index is 13.0. The molecule has 1 aliphatic rings. The lowest BCUT2D eigenvalue weighted by molar-refractivity contribution is 0.0797. The smallest absolute Gasteiger partial charge is 0.251 e. The van der Waals surface area contributed by atoms with Crippen LogP contribution in [-0.4, -0.2) is 68.9 Å². The molecule has 0 atom stereocenters. The van der Waals surface area contributed by atoms with E-state index in [9.17, 15) is 13.2 Å². The third-order valence-corrected chi connectivity index (χ3v) is 7.71. The van der Waals surface area contributed by atoms with Crippen LogP contribution < -0.4 is 10.1 Å². The summed E-state index contributed by atoms with van der Waals surface area (Å²) in [6.45, 7) is 11.1. The summed E-state index contributed by atoms with van der Waals surface area (Å²) in [4.78, 5) is 15.2. The van der Waals surface area contributed by atoms with E-state index in [4.69, 9.17) is 4.74 Å². The molecule has 0 aromatic heterocycles. The maximum atomic E-state index is 13.0. The number of carbonyl (C=O) groups is 1. The molecule has 0 aliphatic carbocycles. The van der Waals surface area contributed by atoms with Gasteiger partial charge in [0.15, 0.2) is 0 Å². The molecule has 1 heterocycles. The molecule has 0 spiro atoms. The van der Waals surface area contributed by atoms with Crippen LogP contribution in [0.1, 0.15) is 57.3 Å². The number of ether oxygens (including phenoxy) is 1. The molecule has 0 radical (unpaired) electrons. The summed E-state index contributed by atoms with van der Waals surface area (Å²) in [6, 6.07) is 4.56. The van der Waals surface area contributed by atoms with Crippen LogP contribution in [0.5, 0.6) is 5.75 Å². The lowest BCUT2D eigenvalue weighted by Gasteiger charge is -2.41. The fraction of sp³-hybridized carbons (Fsp3) is 0.667. The highest BCUT2D eigenvalue weighted by molar-refractivity contribution is 7.89. The highest BCUT2D eigenvalue weighted by atomic mass is 32.2. The molecule has 2 rings (SSSR count). The van der Waals surface area contributed by atoms with Crippen molar-refractivity contribution in [2.45, 2.75) is 57.4 Å². The molecule has 7 nitrogen and oxygen atoms in total. The van der Waals surface area contributed by atoms with Crippen LogP contribution in [0.2, 0.25) is 0 Å². The number of benzene rings is 1. The zero-order chi connectivity index (χ0) is 21.7. The van der Waals surface area contributed by atoms with Gasteiger partial charge in [-0.1, -0.05) is 20.3 Å². The summed E-state index contributed by atoms with van der Waals surface area (Å²) in [7, 11) is -2.31. The molecular formula is C21H35N3O4S. The number of piperidine rings is 1. The molecule has 0 saturated carbocycles. The number of nitrogens with zero attached hydrogens (tertiary/aromatic N) is 2. The van der Waals surface area contributed by atoms with Crippen LogP contribution in [-0.2, 0) is 10.0 Å². The second kappa shape index (κ2) is 9.91. The molecule has 29 heavy (non-hydrogen) atoms. The van der Waals surface area contributed by atoms with E-state index in [1.807, 2.05) is 0 Å². The van der Waals surface area contributed by atoms with Gasteiger partial charge in [-0.15, -0.1) is 0 Å². The Hall–Kier alpha value is -1.64. The van der Waals surface area contributed by atoms with Crippen molar-refractivity contribution < 1.29 is 17.9 Å². The molecule has 1 aromatic rings. The summed E-state index contributed by atoms with van der Waals surface area (Å²) in [5, 5.41) is 2.98. The number of methoxy groups -OCH3 is 1. The van der Waals surface area contributed by atoms with Gasteiger partial charge in [0.25, 0.3) is 5.91 Å². The zero-order valence-corrected chi connectivity index (χ0v) is 19.1. The van der Waals surface area contributed by atoms with Gasteiger partial charge in [0.1, 0.15) is 10.6 Å². The van der Waals surface area contributed by atoms with Crippen molar-refractivity contribution in [3.8, 4) is 5.75 Å². The van der Waals surface area contributed by atoms with Crippen LogP contribution in [0, 0.1) is 0 Å². The first-order valence-electron chi connectivity index (χ1n) is 10.4. The minimum absolute atomic E-state index is 0.0200. The van der Waals surface area contributed by atoms with Crippen molar-refractivity contribution in [2.75, 3.05) is 39.8 Å². The van der Waals surface area contributed by atoms with E-state index in [0.717, 1.165) is 13.1 Å². The van der Waals surface area contributed by atoms with E-state index in [-0.39, 0.29) is 22.1 Å². The third kappa shape index (κ3) is 5.49. The molecule has 1 aliphatic heterocycles. The molecule has 1 aromatic carbocycles. The molecule has 1 amide bonds. The Morgan fingerprint density at radius 2 is 1.79 bits per heavy atom. The van der Waals surface area contributed by atoms with E-state index in [1.54, 1.807) is 26.0 Å². The van der Waals surface area contributed by atoms with Gasteiger partial charge in [-0.25, -0.2) is 8.42 Å². The molecule has 8 heteroatoms. The quantitative estimate of drug-likeness (QED) is 0.658. The van der Waals surface area contributed by atoms with E-state index in [2.05, 4.69) is 24.1 Å². The minimum atomic E-state index is -3.74. The summed E-state index contributed by atoms with van der Waals surface area (Å²) in [5.41, 5.74) is 0.157. The van der Waals surface area contributed by atoms with Crippen LogP contribution in [0.4, 0.5) is 0 Å². The van der Waals surface area contributed by atoms with Gasteiger partial charge in [0, 0.05) is 30.7 Å². The Labute approximate surface area is 175 Å². The first kappa shape index (κ1) is 23.6. The fourth-order valence-corrected chi connectivity index (χ4v) is 5.37. The first-order chi connectivity index (χ1) is 13.7. The number of sulfonamides is 1. The summed E-state index contributed by atoms with van der Waals surface area (Å²) < 4.78 is 32.6. The fourth-order valence-electron chi connectivity index (χ4n) is 3.73. The molecule has 0 bridgehead atoms. The van der Waals surface area contributed by atoms with Crippen molar-refractivity contribution in [2.24, 2.45) is 0 Å². The maximum Gasteiger partial charge on any atom is 0.251 e. The topological polar surface area (TPSA) is 79.0 Å². The van der Waals surface area contributed by atoms with Gasteiger partial charge in [0.05, 0.1) is 7.11 Å². The largest absolute Gasteiger partial charge is 0.495 e. The highest BCUT2D eigenvalue weighted by Gasteiger charge is 2.30. The summed E-state index contributed by atoms with van der Waals surface area (Å²) in [5.74, 6) is -0.0455. The van der Waals surface area contributed by atoms with Crippen LogP contribution in [0.25, 0.3) is 0 Å². The Balaban J connectivity index is 2.21. The van der Waals surface area contributed by atoms with Crippen molar-refractivity contribution in [1.29, 1.82) is 0 Å². The van der Waals surface area contributed by atoms with E-state index in [0.29, 0.717) is 25.2 Å². The molecule has 164 valence electrons. The summed E-state index contributed by atoms with van der Waals surface area (Å²) in [6.07, 6.45) is 3.62. The van der Waals surface area contributed by atoms with Crippen LogP contribution in [0.3, 0.4) is 0 Å². The summed E-state index contributed by atoms with van der Waals surface area (Å²) >= 11 is 0. The normalized spacial score (nSPS) is 16.1. The molecule has 1 saturated heterocycles. The van der Waals surface area contributed by atoms with Gasteiger partial charge in [-0.05, 0) is 58.0 Å². The SMILES string of the molecule is CCN(CC)S(=O)(=O)c1cc(C(=O)NCC(C)(C)N2CCCCC2)ccc1OC. The first-order valence-corrected chi connectivity index (χ1v) is 11.8. The van der Waals surface area contributed by atoms with Gasteiger partial charge < -0.3 is 10.1 Å². The number of carbonyl (C=O) groups excluding carboxylic acids is 1. The highest BCUT2D eigenvalue weighted by Crippen LogP contribution is 2.28. The van der Waals surface area contributed by atoms with Gasteiger partial charge in [-0.3, -0.25) is 9.69 Å². The standard InChI is InChI=1S/C21H35N3O4S/c1-6-24(7-2)29(26,27)19-15-17(11-12-18(19)28-5)20(25)22-16-21(3,4)23-13-9-8-10-14-23/h11-12,15H,6-10,13-14,16H2,1-5H3,(H,22,25). The van der Waals surface area contributed by atoms with Crippen molar-refractivity contribution in [3.05, 3.63) is 23.8 Å². The number of amides is 1. The predicted molar refractivity (Wildman–Crippen MR) is 115 cm³/mol. The van der Waals surface area contributed by atoms with Crippen molar-refractivity contribution in [3.63, 3.8) is 0 Å². The molecular weight excluding hydrogens is 390 g/mol. The molecule has 0 unspecified atom stereocenters. The van der Waals surface area contributed by atoms with Crippen molar-refractivity contribution in [1.82, 2.24) is 14.5 Å². The van der Waals surface area contributed by atoms with E-state index in [1.165, 1.54) is 36.7 Å². The number of rotatable bonds is 9. The Morgan fingerprint density at radius 3 is 2.34 bits per heavy atom. The number of likely N-dealkylation sites (tertiary alicyclic amines) is 1. The minimum Gasteiger partial charge on any atom is -0.495 e. The van der Waals surface area contributed by atoms with Crippen LogP contribution in [0.15, 0.2) is 23.1 Å². The van der Waals surface area contributed by atoms with Crippen LogP contribution >= 0.6 is 0 Å². The number of hydrogen-bond acceptors (Lipinski definition) is 5. The van der Waals surface area contributed by atoms with E-state index < -0.39 is 10.0 Å². The van der Waals surface area contributed by atoms with Crippen molar-refractivity contribution >= 4 is 15.9 Å². The van der Waals surface area contributed by atoms with Gasteiger partial charge in [0.2, 0.25) is 10.0 Å². The number of nitrogens with one attached hydrogen (secondary N) is 1. The lowest BCUT2D eigenvalue weighted by Crippen LogP contribution is -2.53. The monoisotopic (exact) mass is 425 g/mol. The lowest BCUT2D eigenvalue weighted by atomic mass is 9.98. The second-order valence-electron chi connectivity index (χ2n) is 8.00. The Kier molecular flexibility index (Phi) is 8.08. The average Bonchev–Trinajstić information content (AvgIpc) is 2.73.